The second-order valence-electron chi connectivity index (χ2n) is 3.89. The zero-order valence-corrected chi connectivity index (χ0v) is 10.3. The van der Waals surface area contributed by atoms with Gasteiger partial charge in [0.25, 0.3) is 0 Å². The lowest BCUT2D eigenvalue weighted by atomic mass is 10.0. The van der Waals surface area contributed by atoms with Crippen molar-refractivity contribution in [2.24, 2.45) is 5.73 Å². The van der Waals surface area contributed by atoms with E-state index in [4.69, 9.17) is 10.3 Å². The lowest BCUT2D eigenvalue weighted by Crippen LogP contribution is -2.17. The van der Waals surface area contributed by atoms with Crippen LogP contribution in [0.5, 0.6) is 0 Å². The van der Waals surface area contributed by atoms with Crippen molar-refractivity contribution < 1.29 is 4.52 Å². The van der Waals surface area contributed by atoms with Gasteiger partial charge in [0.2, 0.25) is 0 Å². The van der Waals surface area contributed by atoms with Gasteiger partial charge in [0.15, 0.2) is 5.58 Å². The molecule has 1 heterocycles. The van der Waals surface area contributed by atoms with E-state index < -0.39 is 0 Å². The van der Waals surface area contributed by atoms with E-state index in [1.165, 1.54) is 0 Å². The summed E-state index contributed by atoms with van der Waals surface area (Å²) < 4.78 is 6.35. The molecule has 0 saturated carbocycles. The van der Waals surface area contributed by atoms with Crippen molar-refractivity contribution in [1.29, 1.82) is 0 Å². The summed E-state index contributed by atoms with van der Waals surface area (Å²) in [7, 11) is 0. The quantitative estimate of drug-likeness (QED) is 0.912. The van der Waals surface area contributed by atoms with Crippen LogP contribution in [0.25, 0.3) is 11.0 Å². The predicted octanol–water partition coefficient (Wildman–Crippen LogP) is 2.79. The van der Waals surface area contributed by atoms with Crippen LogP contribution in [0.1, 0.15) is 18.2 Å². The highest BCUT2D eigenvalue weighted by Gasteiger charge is 2.11. The molecule has 4 heteroatoms. The number of rotatable bonds is 2. The summed E-state index contributed by atoms with van der Waals surface area (Å²) in [4.78, 5) is 0. The van der Waals surface area contributed by atoms with Crippen LogP contribution < -0.4 is 5.73 Å². The van der Waals surface area contributed by atoms with Crippen molar-refractivity contribution in [2.45, 2.75) is 26.3 Å². The normalized spacial score (nSPS) is 13.3. The molecule has 3 nitrogen and oxygen atoms in total. The highest BCUT2D eigenvalue weighted by Crippen LogP contribution is 2.27. The molecule has 1 aromatic carbocycles. The average Bonchev–Trinajstić information content (AvgIpc) is 2.47. The Bertz CT molecular complexity index is 491. The van der Waals surface area contributed by atoms with Crippen molar-refractivity contribution in [2.75, 3.05) is 0 Å². The van der Waals surface area contributed by atoms with E-state index in [2.05, 4.69) is 21.1 Å². The first kappa shape index (κ1) is 10.6. The van der Waals surface area contributed by atoms with E-state index in [-0.39, 0.29) is 6.04 Å². The molecule has 0 bridgehead atoms. The van der Waals surface area contributed by atoms with Gasteiger partial charge in [0.05, 0.1) is 5.69 Å². The van der Waals surface area contributed by atoms with Crippen molar-refractivity contribution in [1.82, 2.24) is 5.16 Å². The van der Waals surface area contributed by atoms with Gasteiger partial charge in [-0.25, -0.2) is 0 Å². The molecule has 0 fully saturated rings. The molecule has 2 N–H and O–H groups in total. The fourth-order valence-electron chi connectivity index (χ4n) is 1.69. The van der Waals surface area contributed by atoms with E-state index in [9.17, 15) is 0 Å². The molecule has 1 aromatic heterocycles. The Labute approximate surface area is 96.7 Å². The van der Waals surface area contributed by atoms with Gasteiger partial charge in [-0.05, 0) is 32.4 Å². The predicted molar refractivity (Wildman–Crippen MR) is 63.8 cm³/mol. The second-order valence-corrected chi connectivity index (χ2v) is 4.81. The SMILES string of the molecule is Cc1noc2c(CC(C)N)cc(Br)cc12. The standard InChI is InChI=1S/C11H13BrN2O/c1-6(13)3-8-4-9(12)5-10-7(2)14-15-11(8)10/h4-6H,3,13H2,1-2H3. The molecular formula is C11H13BrN2O. The summed E-state index contributed by atoms with van der Waals surface area (Å²) in [5, 5.41) is 5.02. The summed E-state index contributed by atoms with van der Waals surface area (Å²) in [6, 6.07) is 4.18. The maximum Gasteiger partial charge on any atom is 0.170 e. The van der Waals surface area contributed by atoms with Gasteiger partial charge in [0.1, 0.15) is 0 Å². The largest absolute Gasteiger partial charge is 0.356 e. The third kappa shape index (κ3) is 2.06. The smallest absolute Gasteiger partial charge is 0.170 e. The fraction of sp³-hybridized carbons (Fsp3) is 0.364. The number of hydrogen-bond acceptors (Lipinski definition) is 3. The topological polar surface area (TPSA) is 52.0 Å². The van der Waals surface area contributed by atoms with E-state index in [1.807, 2.05) is 26.0 Å². The summed E-state index contributed by atoms with van der Waals surface area (Å²) in [6.07, 6.45) is 0.796. The first-order valence-corrected chi connectivity index (χ1v) is 5.67. The summed E-state index contributed by atoms with van der Waals surface area (Å²) in [5.74, 6) is 0. The van der Waals surface area contributed by atoms with Crippen LogP contribution in [-0.2, 0) is 6.42 Å². The second kappa shape index (κ2) is 3.94. The number of nitrogens with two attached hydrogens (primary N) is 1. The molecule has 80 valence electrons. The number of benzene rings is 1. The van der Waals surface area contributed by atoms with Crippen LogP contribution in [0.2, 0.25) is 0 Å². The summed E-state index contributed by atoms with van der Waals surface area (Å²) in [5.41, 5.74) is 8.67. The van der Waals surface area contributed by atoms with Gasteiger partial charge < -0.3 is 10.3 Å². The lowest BCUT2D eigenvalue weighted by molar-refractivity contribution is 0.447. The molecule has 1 unspecified atom stereocenters. The molecule has 0 radical (unpaired) electrons. The number of hydrogen-bond donors (Lipinski definition) is 1. The van der Waals surface area contributed by atoms with Gasteiger partial charge in [-0.2, -0.15) is 0 Å². The van der Waals surface area contributed by atoms with Crippen molar-refractivity contribution >= 4 is 26.9 Å². The highest BCUT2D eigenvalue weighted by atomic mass is 79.9. The zero-order valence-electron chi connectivity index (χ0n) is 8.75. The minimum Gasteiger partial charge on any atom is -0.356 e. The Kier molecular flexibility index (Phi) is 2.80. The van der Waals surface area contributed by atoms with Crippen molar-refractivity contribution in [3.63, 3.8) is 0 Å². The molecular weight excluding hydrogens is 256 g/mol. The first-order chi connectivity index (χ1) is 7.08. The molecule has 0 aliphatic heterocycles. The number of halogens is 1. The molecule has 0 aliphatic carbocycles. The first-order valence-electron chi connectivity index (χ1n) is 4.88. The van der Waals surface area contributed by atoms with Crippen LogP contribution in [0.3, 0.4) is 0 Å². The zero-order chi connectivity index (χ0) is 11.0. The number of fused-ring (bicyclic) bond motifs is 1. The molecule has 1 atom stereocenters. The van der Waals surface area contributed by atoms with Crippen LogP contribution in [0, 0.1) is 6.92 Å². The third-order valence-electron chi connectivity index (χ3n) is 2.34. The third-order valence-corrected chi connectivity index (χ3v) is 2.79. The van der Waals surface area contributed by atoms with Crippen molar-refractivity contribution in [3.8, 4) is 0 Å². The lowest BCUT2D eigenvalue weighted by Gasteiger charge is -2.05. The molecule has 2 aromatic rings. The van der Waals surface area contributed by atoms with E-state index in [0.29, 0.717) is 0 Å². The molecule has 0 saturated heterocycles. The van der Waals surface area contributed by atoms with E-state index in [0.717, 1.165) is 33.1 Å². The van der Waals surface area contributed by atoms with Crippen LogP contribution in [-0.4, -0.2) is 11.2 Å². The van der Waals surface area contributed by atoms with Crippen LogP contribution >= 0.6 is 15.9 Å². The fourth-order valence-corrected chi connectivity index (χ4v) is 2.19. The maximum atomic E-state index is 5.79. The van der Waals surface area contributed by atoms with Crippen LogP contribution in [0.4, 0.5) is 0 Å². The minimum atomic E-state index is 0.118. The minimum absolute atomic E-state index is 0.118. The number of nitrogens with zero attached hydrogens (tertiary/aromatic N) is 1. The van der Waals surface area contributed by atoms with Gasteiger partial charge in [-0.3, -0.25) is 0 Å². The molecule has 0 aliphatic rings. The van der Waals surface area contributed by atoms with Gasteiger partial charge >= 0.3 is 0 Å². The van der Waals surface area contributed by atoms with E-state index >= 15 is 0 Å². The Balaban J connectivity index is 2.61. The molecule has 0 spiro atoms. The molecule has 0 amide bonds. The average molecular weight is 269 g/mol. The Morgan fingerprint density at radius 2 is 2.27 bits per heavy atom. The van der Waals surface area contributed by atoms with Crippen LogP contribution in [0.15, 0.2) is 21.1 Å². The van der Waals surface area contributed by atoms with Gasteiger partial charge in [-0.1, -0.05) is 21.1 Å². The van der Waals surface area contributed by atoms with Gasteiger partial charge in [0, 0.05) is 21.5 Å². The Morgan fingerprint density at radius 3 is 2.93 bits per heavy atom. The molecule has 2 rings (SSSR count). The Morgan fingerprint density at radius 1 is 1.53 bits per heavy atom. The monoisotopic (exact) mass is 268 g/mol. The number of aryl methyl sites for hydroxylation is 1. The maximum absolute atomic E-state index is 5.79. The summed E-state index contributed by atoms with van der Waals surface area (Å²) in [6.45, 7) is 3.92. The van der Waals surface area contributed by atoms with E-state index in [1.54, 1.807) is 0 Å². The molecule has 15 heavy (non-hydrogen) atoms. The van der Waals surface area contributed by atoms with Gasteiger partial charge in [-0.15, -0.1) is 0 Å². The highest BCUT2D eigenvalue weighted by molar-refractivity contribution is 9.10. The number of aromatic nitrogens is 1. The summed E-state index contributed by atoms with van der Waals surface area (Å²) >= 11 is 3.48. The van der Waals surface area contributed by atoms with Crippen molar-refractivity contribution in [3.05, 3.63) is 27.9 Å². The Hall–Kier alpha value is -0.870.